The third kappa shape index (κ3) is 2.78. The number of thiazole rings is 1. The second-order valence-electron chi connectivity index (χ2n) is 5.46. The van der Waals surface area contributed by atoms with Gasteiger partial charge < -0.3 is 10.4 Å². The number of carboxylic acid groups (broad SMARTS) is 1. The molecule has 2 rings (SSSR count). The third-order valence-electron chi connectivity index (χ3n) is 3.46. The Balaban J connectivity index is 2.13. The summed E-state index contributed by atoms with van der Waals surface area (Å²) in [6.07, 6.45) is 1.69. The van der Waals surface area contributed by atoms with Crippen LogP contribution in [-0.4, -0.2) is 27.5 Å². The molecular weight excluding hydrogens is 264 g/mol. The van der Waals surface area contributed by atoms with Gasteiger partial charge in [-0.25, -0.2) is 9.78 Å². The highest BCUT2D eigenvalue weighted by molar-refractivity contribution is 7.09. The monoisotopic (exact) mass is 282 g/mol. The fourth-order valence-corrected chi connectivity index (χ4v) is 2.76. The van der Waals surface area contributed by atoms with Gasteiger partial charge in [-0.2, -0.15) is 0 Å². The van der Waals surface area contributed by atoms with Gasteiger partial charge >= 0.3 is 5.97 Å². The van der Waals surface area contributed by atoms with Crippen LogP contribution in [0.15, 0.2) is 5.38 Å². The SMILES string of the molecule is CC(C)c1nc(C(=O)NC(C)(C(=O)O)C2CC2)cs1. The number of carbonyl (C=O) groups is 2. The van der Waals surface area contributed by atoms with E-state index in [0.29, 0.717) is 5.69 Å². The summed E-state index contributed by atoms with van der Waals surface area (Å²) in [6.45, 7) is 5.58. The molecule has 1 aromatic rings. The first-order valence-electron chi connectivity index (χ1n) is 6.36. The Labute approximate surface area is 116 Å². The van der Waals surface area contributed by atoms with Crippen LogP contribution in [0.25, 0.3) is 0 Å². The van der Waals surface area contributed by atoms with Gasteiger partial charge in [0.2, 0.25) is 0 Å². The molecular formula is C13H18N2O3S. The zero-order chi connectivity index (χ0) is 14.2. The molecule has 0 spiro atoms. The number of hydrogen-bond acceptors (Lipinski definition) is 4. The topological polar surface area (TPSA) is 79.3 Å². The number of nitrogens with one attached hydrogen (secondary N) is 1. The second-order valence-corrected chi connectivity index (χ2v) is 6.35. The zero-order valence-corrected chi connectivity index (χ0v) is 12.1. The van der Waals surface area contributed by atoms with Crippen molar-refractivity contribution in [1.29, 1.82) is 0 Å². The molecule has 0 saturated heterocycles. The molecule has 1 amide bonds. The van der Waals surface area contributed by atoms with E-state index in [9.17, 15) is 14.7 Å². The summed E-state index contributed by atoms with van der Waals surface area (Å²) >= 11 is 1.43. The first-order valence-corrected chi connectivity index (χ1v) is 7.24. The van der Waals surface area contributed by atoms with Crippen LogP contribution in [0.3, 0.4) is 0 Å². The number of nitrogens with zero attached hydrogens (tertiary/aromatic N) is 1. The number of amides is 1. The lowest BCUT2D eigenvalue weighted by atomic mass is 9.96. The van der Waals surface area contributed by atoms with E-state index < -0.39 is 17.4 Å². The van der Waals surface area contributed by atoms with Crippen LogP contribution in [0.1, 0.15) is 55.0 Å². The number of aliphatic carboxylic acids is 1. The van der Waals surface area contributed by atoms with Crippen LogP contribution < -0.4 is 5.32 Å². The van der Waals surface area contributed by atoms with Crippen LogP contribution in [0.2, 0.25) is 0 Å². The maximum atomic E-state index is 12.1. The summed E-state index contributed by atoms with van der Waals surface area (Å²) in [7, 11) is 0. The summed E-state index contributed by atoms with van der Waals surface area (Å²) in [5.74, 6) is -1.10. The number of carboxylic acids is 1. The van der Waals surface area contributed by atoms with Crippen LogP contribution in [0.5, 0.6) is 0 Å². The first-order chi connectivity index (χ1) is 8.84. The van der Waals surface area contributed by atoms with E-state index in [0.717, 1.165) is 17.8 Å². The van der Waals surface area contributed by atoms with Crippen molar-refractivity contribution in [3.8, 4) is 0 Å². The zero-order valence-electron chi connectivity index (χ0n) is 11.3. The molecule has 2 N–H and O–H groups in total. The van der Waals surface area contributed by atoms with E-state index in [1.54, 1.807) is 12.3 Å². The van der Waals surface area contributed by atoms with Crippen molar-refractivity contribution in [2.75, 3.05) is 0 Å². The summed E-state index contributed by atoms with van der Waals surface area (Å²) < 4.78 is 0. The third-order valence-corrected chi connectivity index (χ3v) is 4.61. The first kappa shape index (κ1) is 14.0. The number of carbonyl (C=O) groups excluding carboxylic acids is 1. The molecule has 1 saturated carbocycles. The molecule has 1 aliphatic carbocycles. The molecule has 1 heterocycles. The highest BCUT2D eigenvalue weighted by Gasteiger charge is 2.48. The molecule has 1 aromatic heterocycles. The average molecular weight is 282 g/mol. The van der Waals surface area contributed by atoms with Crippen molar-refractivity contribution in [2.24, 2.45) is 5.92 Å². The van der Waals surface area contributed by atoms with Crippen LogP contribution in [0.4, 0.5) is 0 Å². The van der Waals surface area contributed by atoms with Gasteiger partial charge in [-0.1, -0.05) is 13.8 Å². The average Bonchev–Trinajstić information content (AvgIpc) is 3.06. The molecule has 0 radical (unpaired) electrons. The van der Waals surface area contributed by atoms with E-state index >= 15 is 0 Å². The molecule has 0 aromatic carbocycles. The fraction of sp³-hybridized carbons (Fsp3) is 0.615. The van der Waals surface area contributed by atoms with Gasteiger partial charge in [0.05, 0.1) is 5.01 Å². The Morgan fingerprint density at radius 1 is 1.53 bits per heavy atom. The standard InChI is InChI=1S/C13H18N2O3S/c1-7(2)11-14-9(6-19-11)10(16)15-13(3,12(17)18)8-4-5-8/h6-8H,4-5H2,1-3H3,(H,15,16)(H,17,18). The quantitative estimate of drug-likeness (QED) is 0.868. The van der Waals surface area contributed by atoms with Crippen molar-refractivity contribution in [1.82, 2.24) is 10.3 Å². The molecule has 0 bridgehead atoms. The van der Waals surface area contributed by atoms with E-state index in [2.05, 4.69) is 10.3 Å². The van der Waals surface area contributed by atoms with Gasteiger partial charge in [-0.05, 0) is 25.7 Å². The van der Waals surface area contributed by atoms with Crippen molar-refractivity contribution < 1.29 is 14.7 Å². The largest absolute Gasteiger partial charge is 0.480 e. The van der Waals surface area contributed by atoms with Crippen molar-refractivity contribution >= 4 is 23.2 Å². The Hall–Kier alpha value is -1.43. The van der Waals surface area contributed by atoms with E-state index in [-0.39, 0.29) is 11.8 Å². The minimum Gasteiger partial charge on any atom is -0.480 e. The Morgan fingerprint density at radius 2 is 2.16 bits per heavy atom. The molecule has 6 heteroatoms. The highest BCUT2D eigenvalue weighted by atomic mass is 32.1. The summed E-state index contributed by atoms with van der Waals surface area (Å²) in [4.78, 5) is 27.7. The molecule has 0 aliphatic heterocycles. The van der Waals surface area contributed by atoms with Gasteiger partial charge in [0.25, 0.3) is 5.91 Å². The van der Waals surface area contributed by atoms with E-state index in [1.807, 2.05) is 13.8 Å². The van der Waals surface area contributed by atoms with Crippen molar-refractivity contribution in [3.63, 3.8) is 0 Å². The van der Waals surface area contributed by atoms with Crippen LogP contribution in [-0.2, 0) is 4.79 Å². The highest BCUT2D eigenvalue weighted by Crippen LogP contribution is 2.39. The van der Waals surface area contributed by atoms with Gasteiger partial charge in [0.15, 0.2) is 0 Å². The normalized spacial score (nSPS) is 18.1. The maximum Gasteiger partial charge on any atom is 0.329 e. The summed E-state index contributed by atoms with van der Waals surface area (Å²) in [5.41, 5.74) is -0.875. The minimum absolute atomic E-state index is 0.0251. The molecule has 1 atom stereocenters. The fourth-order valence-electron chi connectivity index (χ4n) is 1.95. The van der Waals surface area contributed by atoms with Gasteiger partial charge in [0, 0.05) is 11.3 Å². The Bertz CT molecular complexity index is 508. The molecule has 1 fully saturated rings. The van der Waals surface area contributed by atoms with Crippen LogP contribution >= 0.6 is 11.3 Å². The molecule has 1 aliphatic rings. The number of hydrogen-bond donors (Lipinski definition) is 2. The smallest absolute Gasteiger partial charge is 0.329 e. The molecule has 104 valence electrons. The summed E-state index contributed by atoms with van der Waals surface area (Å²) in [5, 5.41) is 14.5. The predicted octanol–water partition coefficient (Wildman–Crippen LogP) is 2.25. The Morgan fingerprint density at radius 3 is 2.58 bits per heavy atom. The molecule has 19 heavy (non-hydrogen) atoms. The lowest BCUT2D eigenvalue weighted by molar-refractivity contribution is -0.144. The Kier molecular flexibility index (Phi) is 3.62. The van der Waals surface area contributed by atoms with Gasteiger partial charge in [-0.3, -0.25) is 4.79 Å². The second kappa shape index (κ2) is 4.92. The van der Waals surface area contributed by atoms with Crippen molar-refractivity contribution in [2.45, 2.75) is 45.1 Å². The molecule has 5 nitrogen and oxygen atoms in total. The molecule has 1 unspecified atom stereocenters. The van der Waals surface area contributed by atoms with E-state index in [1.165, 1.54) is 11.3 Å². The predicted molar refractivity (Wildman–Crippen MR) is 72.4 cm³/mol. The number of aromatic nitrogens is 1. The van der Waals surface area contributed by atoms with Gasteiger partial charge in [-0.15, -0.1) is 11.3 Å². The van der Waals surface area contributed by atoms with E-state index in [4.69, 9.17) is 0 Å². The minimum atomic E-state index is -1.18. The van der Waals surface area contributed by atoms with Crippen LogP contribution in [0, 0.1) is 5.92 Å². The van der Waals surface area contributed by atoms with Crippen molar-refractivity contribution in [3.05, 3.63) is 16.1 Å². The lowest BCUT2D eigenvalue weighted by Crippen LogP contribution is -2.54. The maximum absolute atomic E-state index is 12.1. The lowest BCUT2D eigenvalue weighted by Gasteiger charge is -2.25. The van der Waals surface area contributed by atoms with Gasteiger partial charge in [0.1, 0.15) is 11.2 Å². The number of rotatable bonds is 5. The summed E-state index contributed by atoms with van der Waals surface area (Å²) in [6, 6.07) is 0.